The molecule has 0 aromatic rings. The number of amides is 2. The van der Waals surface area contributed by atoms with E-state index in [1.165, 1.54) is 4.90 Å². The molecule has 0 saturated carbocycles. The van der Waals surface area contributed by atoms with Gasteiger partial charge in [0.25, 0.3) is 0 Å². The Morgan fingerprint density at radius 2 is 1.75 bits per heavy atom. The molecule has 0 unspecified atom stereocenters. The zero-order valence-electron chi connectivity index (χ0n) is 12.0. The molecule has 8 heteroatoms. The Morgan fingerprint density at radius 3 is 2.15 bits per heavy atom. The smallest absolute Gasteiger partial charge is 0.323 e. The van der Waals surface area contributed by atoms with E-state index in [0.29, 0.717) is 12.8 Å². The van der Waals surface area contributed by atoms with Crippen molar-refractivity contribution in [3.05, 3.63) is 0 Å². The molecule has 0 aliphatic carbocycles. The number of carbonyl (C=O) groups excluding carboxylic acids is 1. The van der Waals surface area contributed by atoms with Crippen LogP contribution in [0.5, 0.6) is 0 Å². The lowest BCUT2D eigenvalue weighted by molar-refractivity contribution is -0.138. The summed E-state index contributed by atoms with van der Waals surface area (Å²) in [6, 6.07) is -0.686. The number of nitrogens with zero attached hydrogens (tertiary/aromatic N) is 1. The van der Waals surface area contributed by atoms with E-state index >= 15 is 0 Å². The van der Waals surface area contributed by atoms with E-state index in [-0.39, 0.29) is 24.1 Å². The van der Waals surface area contributed by atoms with Gasteiger partial charge in [-0.25, -0.2) is 13.2 Å². The number of urea groups is 1. The highest BCUT2D eigenvalue weighted by Gasteiger charge is 2.31. The molecular weight excluding hydrogens is 284 g/mol. The second-order valence-electron chi connectivity index (χ2n) is 6.03. The predicted molar refractivity (Wildman–Crippen MR) is 74.3 cm³/mol. The Bertz CT molecular complexity index is 467. The van der Waals surface area contributed by atoms with E-state index < -0.39 is 27.4 Å². The summed E-state index contributed by atoms with van der Waals surface area (Å²) >= 11 is 0. The number of hydrogen-bond acceptors (Lipinski definition) is 4. The standard InChI is InChI=1S/C12H22N2O5S/c1-12(2,3)14(8-10(15)16)11(17)13-9-4-6-20(18,19)7-5-9/h9H,4-8H2,1-3H3,(H,13,17)(H,15,16). The van der Waals surface area contributed by atoms with Crippen molar-refractivity contribution in [3.63, 3.8) is 0 Å². The average Bonchev–Trinajstić information content (AvgIpc) is 2.27. The summed E-state index contributed by atoms with van der Waals surface area (Å²) in [6.45, 7) is 4.86. The highest BCUT2D eigenvalue weighted by molar-refractivity contribution is 7.91. The van der Waals surface area contributed by atoms with E-state index in [1.807, 2.05) is 0 Å². The largest absolute Gasteiger partial charge is 0.480 e. The number of hydrogen-bond donors (Lipinski definition) is 2. The van der Waals surface area contributed by atoms with Crippen LogP contribution >= 0.6 is 0 Å². The Kier molecular flexibility index (Phi) is 5.01. The number of rotatable bonds is 3. The van der Waals surface area contributed by atoms with Gasteiger partial charge < -0.3 is 15.3 Å². The monoisotopic (exact) mass is 306 g/mol. The maximum Gasteiger partial charge on any atom is 0.323 e. The lowest BCUT2D eigenvalue weighted by Crippen LogP contribution is -2.55. The minimum atomic E-state index is -2.98. The zero-order valence-corrected chi connectivity index (χ0v) is 12.9. The molecule has 1 aliphatic heterocycles. The topological polar surface area (TPSA) is 104 Å². The quantitative estimate of drug-likeness (QED) is 0.788. The molecule has 7 nitrogen and oxygen atoms in total. The van der Waals surface area contributed by atoms with Crippen LogP contribution in [-0.2, 0) is 14.6 Å². The third-order valence-electron chi connectivity index (χ3n) is 3.23. The first-order valence-electron chi connectivity index (χ1n) is 6.51. The summed E-state index contributed by atoms with van der Waals surface area (Å²) in [4.78, 5) is 24.2. The van der Waals surface area contributed by atoms with Gasteiger partial charge in [-0.2, -0.15) is 0 Å². The van der Waals surface area contributed by atoms with Crippen LogP contribution in [0.15, 0.2) is 0 Å². The lowest BCUT2D eigenvalue weighted by atomic mass is 10.1. The number of nitrogens with one attached hydrogen (secondary N) is 1. The number of carboxylic acid groups (broad SMARTS) is 1. The Balaban J connectivity index is 2.65. The molecule has 1 rings (SSSR count). The predicted octanol–water partition coefficient (Wildman–Crippen LogP) is 0.458. The summed E-state index contributed by atoms with van der Waals surface area (Å²) in [5.74, 6) is -0.958. The molecule has 2 amide bonds. The summed E-state index contributed by atoms with van der Waals surface area (Å²) in [5, 5.41) is 11.6. The van der Waals surface area contributed by atoms with E-state index in [9.17, 15) is 18.0 Å². The molecule has 0 bridgehead atoms. The van der Waals surface area contributed by atoms with Gasteiger partial charge in [-0.3, -0.25) is 4.79 Å². The van der Waals surface area contributed by atoms with Crippen molar-refractivity contribution in [2.45, 2.75) is 45.2 Å². The van der Waals surface area contributed by atoms with E-state index in [4.69, 9.17) is 5.11 Å². The summed E-state index contributed by atoms with van der Waals surface area (Å²) < 4.78 is 22.6. The van der Waals surface area contributed by atoms with Crippen LogP contribution in [0.4, 0.5) is 4.79 Å². The van der Waals surface area contributed by atoms with Crippen molar-refractivity contribution in [2.75, 3.05) is 18.1 Å². The molecular formula is C12H22N2O5S. The van der Waals surface area contributed by atoms with Crippen molar-refractivity contribution in [3.8, 4) is 0 Å². The molecule has 0 atom stereocenters. The van der Waals surface area contributed by atoms with Crippen molar-refractivity contribution < 1.29 is 23.1 Å². The fourth-order valence-corrected chi connectivity index (χ4v) is 3.53. The van der Waals surface area contributed by atoms with E-state index in [0.717, 1.165) is 0 Å². The molecule has 0 radical (unpaired) electrons. The second kappa shape index (κ2) is 5.99. The van der Waals surface area contributed by atoms with Crippen molar-refractivity contribution in [1.29, 1.82) is 0 Å². The normalized spacial score (nSPS) is 19.4. The molecule has 0 aromatic heterocycles. The van der Waals surface area contributed by atoms with Crippen LogP contribution in [0.2, 0.25) is 0 Å². The van der Waals surface area contributed by atoms with Crippen molar-refractivity contribution >= 4 is 21.8 Å². The van der Waals surface area contributed by atoms with Crippen LogP contribution in [0.3, 0.4) is 0 Å². The van der Waals surface area contributed by atoms with Crippen LogP contribution in [0, 0.1) is 0 Å². The molecule has 0 aromatic carbocycles. The maximum absolute atomic E-state index is 12.2. The molecule has 1 aliphatic rings. The summed E-state index contributed by atoms with van der Waals surface area (Å²) in [6.07, 6.45) is 0.748. The molecule has 2 N–H and O–H groups in total. The summed E-state index contributed by atoms with van der Waals surface area (Å²) in [7, 11) is -2.98. The van der Waals surface area contributed by atoms with Crippen LogP contribution in [0.1, 0.15) is 33.6 Å². The number of carbonyl (C=O) groups is 2. The van der Waals surface area contributed by atoms with Gasteiger partial charge in [0.1, 0.15) is 16.4 Å². The van der Waals surface area contributed by atoms with Crippen LogP contribution in [-0.4, -0.2) is 60.1 Å². The lowest BCUT2D eigenvalue weighted by Gasteiger charge is -2.36. The van der Waals surface area contributed by atoms with Gasteiger partial charge in [0.05, 0.1) is 11.5 Å². The first-order chi connectivity index (χ1) is 9.01. The molecule has 116 valence electrons. The van der Waals surface area contributed by atoms with Gasteiger partial charge in [0.2, 0.25) is 0 Å². The van der Waals surface area contributed by atoms with Gasteiger partial charge in [-0.05, 0) is 33.6 Å². The van der Waals surface area contributed by atoms with Crippen molar-refractivity contribution in [2.24, 2.45) is 0 Å². The number of sulfone groups is 1. The number of carboxylic acids is 1. The van der Waals surface area contributed by atoms with Gasteiger partial charge >= 0.3 is 12.0 Å². The zero-order chi connectivity index (χ0) is 15.6. The third-order valence-corrected chi connectivity index (χ3v) is 4.95. The Morgan fingerprint density at radius 1 is 1.25 bits per heavy atom. The second-order valence-corrected chi connectivity index (χ2v) is 8.33. The maximum atomic E-state index is 12.2. The Hall–Kier alpha value is -1.31. The minimum Gasteiger partial charge on any atom is -0.480 e. The third kappa shape index (κ3) is 4.99. The van der Waals surface area contributed by atoms with E-state index in [1.54, 1.807) is 20.8 Å². The summed E-state index contributed by atoms with van der Waals surface area (Å²) in [5.41, 5.74) is -0.622. The minimum absolute atomic E-state index is 0.0619. The van der Waals surface area contributed by atoms with Crippen LogP contribution < -0.4 is 5.32 Å². The van der Waals surface area contributed by atoms with Gasteiger partial charge in [-0.15, -0.1) is 0 Å². The van der Waals surface area contributed by atoms with Crippen LogP contribution in [0.25, 0.3) is 0 Å². The molecule has 1 fully saturated rings. The average molecular weight is 306 g/mol. The molecule has 0 spiro atoms. The van der Waals surface area contributed by atoms with E-state index in [2.05, 4.69) is 5.32 Å². The molecule has 20 heavy (non-hydrogen) atoms. The first kappa shape index (κ1) is 16.7. The number of aliphatic carboxylic acids is 1. The Labute approximate surface area is 119 Å². The highest BCUT2D eigenvalue weighted by atomic mass is 32.2. The SMILES string of the molecule is CC(C)(C)N(CC(=O)O)C(=O)NC1CCS(=O)(=O)CC1. The molecule has 1 heterocycles. The highest BCUT2D eigenvalue weighted by Crippen LogP contribution is 2.16. The fraction of sp³-hybridized carbons (Fsp3) is 0.833. The van der Waals surface area contributed by atoms with Gasteiger partial charge in [0.15, 0.2) is 0 Å². The fourth-order valence-electron chi connectivity index (χ4n) is 2.04. The van der Waals surface area contributed by atoms with Gasteiger partial charge in [-0.1, -0.05) is 0 Å². The van der Waals surface area contributed by atoms with Crippen molar-refractivity contribution in [1.82, 2.24) is 10.2 Å². The first-order valence-corrected chi connectivity index (χ1v) is 8.34. The molecule has 1 saturated heterocycles. The van der Waals surface area contributed by atoms with Gasteiger partial charge in [0, 0.05) is 11.6 Å².